The molecule has 0 aliphatic heterocycles. The molecule has 3 aromatic rings. The van der Waals surface area contributed by atoms with Gasteiger partial charge in [0.05, 0.1) is 17.6 Å². The first-order valence-corrected chi connectivity index (χ1v) is 7.48. The fourth-order valence-corrected chi connectivity index (χ4v) is 2.27. The fourth-order valence-electron chi connectivity index (χ4n) is 2.27. The minimum absolute atomic E-state index is 0.659. The van der Waals surface area contributed by atoms with Crippen molar-refractivity contribution in [2.75, 3.05) is 6.61 Å². The molecule has 0 unspecified atom stereocenters. The van der Waals surface area contributed by atoms with E-state index >= 15 is 0 Å². The van der Waals surface area contributed by atoms with Gasteiger partial charge in [-0.25, -0.2) is 4.98 Å². The van der Waals surface area contributed by atoms with Crippen molar-refractivity contribution in [3.63, 3.8) is 0 Å². The van der Waals surface area contributed by atoms with Crippen LogP contribution in [0, 0.1) is 0 Å². The third kappa shape index (κ3) is 3.01. The van der Waals surface area contributed by atoms with Crippen molar-refractivity contribution < 1.29 is 9.53 Å². The van der Waals surface area contributed by atoms with Crippen molar-refractivity contribution in [3.8, 4) is 17.1 Å². The summed E-state index contributed by atoms with van der Waals surface area (Å²) >= 11 is 0. The zero-order chi connectivity index (χ0) is 15.4. The molecule has 1 aromatic heterocycles. The molecule has 1 heterocycles. The molecule has 0 atom stereocenters. The van der Waals surface area contributed by atoms with E-state index in [1.54, 1.807) is 12.1 Å². The summed E-state index contributed by atoms with van der Waals surface area (Å²) in [7, 11) is 0. The maximum absolute atomic E-state index is 10.7. The highest BCUT2D eigenvalue weighted by Crippen LogP contribution is 2.24. The summed E-state index contributed by atoms with van der Waals surface area (Å²) in [5.41, 5.74) is 3.46. The second kappa shape index (κ2) is 6.43. The lowest BCUT2D eigenvalue weighted by Gasteiger charge is -2.04. The number of carbonyl (C=O) groups is 1. The number of ether oxygens (including phenoxy) is 1. The van der Waals surface area contributed by atoms with Crippen LogP contribution in [0.4, 0.5) is 0 Å². The third-order valence-electron chi connectivity index (χ3n) is 3.54. The summed E-state index contributed by atoms with van der Waals surface area (Å²) in [6.45, 7) is 2.87. The first kappa shape index (κ1) is 14.3. The monoisotopic (exact) mass is 294 g/mol. The Hall–Kier alpha value is -2.62. The van der Waals surface area contributed by atoms with Crippen molar-refractivity contribution in [1.29, 1.82) is 0 Å². The van der Waals surface area contributed by atoms with Crippen LogP contribution >= 0.6 is 0 Å². The van der Waals surface area contributed by atoms with Gasteiger partial charge < -0.3 is 9.72 Å². The van der Waals surface area contributed by atoms with Gasteiger partial charge in [0.1, 0.15) is 17.9 Å². The SMILES string of the molecule is CCCCOc1ccc2nc(-c3ccc(C=O)cc3)[nH]c2c1. The van der Waals surface area contributed by atoms with Crippen molar-refractivity contribution in [1.82, 2.24) is 9.97 Å². The number of rotatable bonds is 6. The number of hydrogen-bond acceptors (Lipinski definition) is 3. The smallest absolute Gasteiger partial charge is 0.150 e. The van der Waals surface area contributed by atoms with Gasteiger partial charge >= 0.3 is 0 Å². The van der Waals surface area contributed by atoms with E-state index in [1.807, 2.05) is 30.3 Å². The Kier molecular flexibility index (Phi) is 4.19. The molecule has 0 aliphatic carbocycles. The van der Waals surface area contributed by atoms with E-state index in [2.05, 4.69) is 16.9 Å². The third-order valence-corrected chi connectivity index (χ3v) is 3.54. The number of nitrogens with zero attached hydrogens (tertiary/aromatic N) is 1. The summed E-state index contributed by atoms with van der Waals surface area (Å²) in [5, 5.41) is 0. The zero-order valence-electron chi connectivity index (χ0n) is 12.5. The molecule has 0 aliphatic rings. The quantitative estimate of drug-likeness (QED) is 0.547. The van der Waals surface area contributed by atoms with Crippen LogP contribution in [-0.4, -0.2) is 22.9 Å². The first-order chi connectivity index (χ1) is 10.8. The first-order valence-electron chi connectivity index (χ1n) is 7.48. The number of hydrogen-bond donors (Lipinski definition) is 1. The summed E-state index contributed by atoms with van der Waals surface area (Å²) < 4.78 is 5.71. The predicted octanol–water partition coefficient (Wildman–Crippen LogP) is 4.22. The lowest BCUT2D eigenvalue weighted by atomic mass is 10.1. The largest absolute Gasteiger partial charge is 0.494 e. The average Bonchev–Trinajstić information content (AvgIpc) is 2.98. The minimum Gasteiger partial charge on any atom is -0.494 e. The minimum atomic E-state index is 0.659. The van der Waals surface area contributed by atoms with Crippen molar-refractivity contribution in [2.24, 2.45) is 0 Å². The van der Waals surface area contributed by atoms with Crippen LogP contribution < -0.4 is 4.74 Å². The lowest BCUT2D eigenvalue weighted by molar-refractivity contribution is 0.112. The van der Waals surface area contributed by atoms with Crippen LogP contribution in [0.15, 0.2) is 42.5 Å². The number of aldehydes is 1. The molecule has 0 saturated heterocycles. The molecule has 0 radical (unpaired) electrons. The number of aromatic amines is 1. The van der Waals surface area contributed by atoms with Gasteiger partial charge in [-0.2, -0.15) is 0 Å². The number of unbranched alkanes of at least 4 members (excludes halogenated alkanes) is 1. The van der Waals surface area contributed by atoms with Crippen LogP contribution in [0.2, 0.25) is 0 Å². The maximum atomic E-state index is 10.7. The predicted molar refractivity (Wildman–Crippen MR) is 87.3 cm³/mol. The van der Waals surface area contributed by atoms with Gasteiger partial charge in [-0.1, -0.05) is 37.6 Å². The molecule has 3 rings (SSSR count). The number of H-pyrrole nitrogens is 1. The molecular weight excluding hydrogens is 276 g/mol. The number of benzene rings is 2. The van der Waals surface area contributed by atoms with Crippen LogP contribution in [0.5, 0.6) is 5.75 Å². The highest BCUT2D eigenvalue weighted by molar-refractivity contribution is 5.81. The van der Waals surface area contributed by atoms with E-state index in [1.165, 1.54) is 0 Å². The topological polar surface area (TPSA) is 55.0 Å². The normalized spacial score (nSPS) is 10.8. The Morgan fingerprint density at radius 1 is 1.18 bits per heavy atom. The molecule has 0 bridgehead atoms. The molecule has 22 heavy (non-hydrogen) atoms. The summed E-state index contributed by atoms with van der Waals surface area (Å²) in [4.78, 5) is 18.6. The average molecular weight is 294 g/mol. The number of fused-ring (bicyclic) bond motifs is 1. The lowest BCUT2D eigenvalue weighted by Crippen LogP contribution is -1.95. The maximum Gasteiger partial charge on any atom is 0.150 e. The Bertz CT molecular complexity index is 775. The Balaban J connectivity index is 1.86. The number of imidazole rings is 1. The van der Waals surface area contributed by atoms with Gasteiger partial charge in [-0.05, 0) is 18.6 Å². The summed E-state index contributed by atoms with van der Waals surface area (Å²) in [5.74, 6) is 1.64. The van der Waals surface area contributed by atoms with Gasteiger partial charge in [0, 0.05) is 17.2 Å². The van der Waals surface area contributed by atoms with E-state index < -0.39 is 0 Å². The fraction of sp³-hybridized carbons (Fsp3) is 0.222. The summed E-state index contributed by atoms with van der Waals surface area (Å²) in [6.07, 6.45) is 3.00. The van der Waals surface area contributed by atoms with E-state index in [9.17, 15) is 4.79 Å². The van der Waals surface area contributed by atoms with E-state index in [0.29, 0.717) is 5.56 Å². The van der Waals surface area contributed by atoms with Gasteiger partial charge in [-0.15, -0.1) is 0 Å². The Morgan fingerprint density at radius 3 is 2.73 bits per heavy atom. The number of nitrogens with one attached hydrogen (secondary N) is 1. The number of aromatic nitrogens is 2. The van der Waals surface area contributed by atoms with Crippen molar-refractivity contribution >= 4 is 17.3 Å². The molecule has 0 saturated carbocycles. The van der Waals surface area contributed by atoms with Crippen LogP contribution in [0.1, 0.15) is 30.1 Å². The molecular formula is C18H18N2O2. The molecule has 4 heteroatoms. The van der Waals surface area contributed by atoms with Crippen molar-refractivity contribution in [3.05, 3.63) is 48.0 Å². The molecule has 112 valence electrons. The van der Waals surface area contributed by atoms with Gasteiger partial charge in [0.2, 0.25) is 0 Å². The van der Waals surface area contributed by atoms with Crippen molar-refractivity contribution in [2.45, 2.75) is 19.8 Å². The Labute approximate surface area is 129 Å². The highest BCUT2D eigenvalue weighted by atomic mass is 16.5. The second-order valence-electron chi connectivity index (χ2n) is 5.21. The molecule has 1 N–H and O–H groups in total. The van der Waals surface area contributed by atoms with Gasteiger partial charge in [-0.3, -0.25) is 4.79 Å². The summed E-state index contributed by atoms with van der Waals surface area (Å²) in [6, 6.07) is 13.2. The number of carbonyl (C=O) groups excluding carboxylic acids is 1. The second-order valence-corrected chi connectivity index (χ2v) is 5.21. The van der Waals surface area contributed by atoms with Crippen LogP contribution in [0.3, 0.4) is 0 Å². The van der Waals surface area contributed by atoms with E-state index in [4.69, 9.17) is 4.74 Å². The van der Waals surface area contributed by atoms with E-state index in [0.717, 1.165) is 53.9 Å². The molecule has 0 spiro atoms. The van der Waals surface area contributed by atoms with Crippen LogP contribution in [0.25, 0.3) is 22.4 Å². The van der Waals surface area contributed by atoms with Gasteiger partial charge in [0.15, 0.2) is 0 Å². The molecule has 0 amide bonds. The molecule has 4 nitrogen and oxygen atoms in total. The standard InChI is InChI=1S/C18H18N2O2/c1-2-3-10-22-15-8-9-16-17(11-15)20-18(19-16)14-6-4-13(12-21)5-7-14/h4-9,11-12H,2-3,10H2,1H3,(H,19,20). The zero-order valence-corrected chi connectivity index (χ0v) is 12.5. The molecule has 2 aromatic carbocycles. The molecule has 0 fully saturated rings. The highest BCUT2D eigenvalue weighted by Gasteiger charge is 2.06. The van der Waals surface area contributed by atoms with Crippen LogP contribution in [-0.2, 0) is 0 Å². The van der Waals surface area contributed by atoms with Gasteiger partial charge in [0.25, 0.3) is 0 Å². The van der Waals surface area contributed by atoms with E-state index in [-0.39, 0.29) is 0 Å². The Morgan fingerprint density at radius 2 is 2.00 bits per heavy atom.